The fraction of sp³-hybridized carbons (Fsp3) is 0.200. The lowest BCUT2D eigenvalue weighted by molar-refractivity contribution is 0.0990. The van der Waals surface area contributed by atoms with E-state index in [1.54, 1.807) is 19.3 Å². The molecule has 5 nitrogen and oxygen atoms in total. The van der Waals surface area contributed by atoms with Crippen LogP contribution in [0.25, 0.3) is 10.9 Å². The minimum atomic E-state index is -0.364. The Morgan fingerprint density at radius 2 is 1.80 bits per heavy atom. The lowest BCUT2D eigenvalue weighted by atomic mass is 9.98. The molecule has 0 radical (unpaired) electrons. The molecule has 0 unspecified atom stereocenters. The van der Waals surface area contributed by atoms with Crippen LogP contribution in [0.5, 0.6) is 11.5 Å². The van der Waals surface area contributed by atoms with Gasteiger partial charge >= 0.3 is 0 Å². The van der Waals surface area contributed by atoms with Crippen molar-refractivity contribution in [3.05, 3.63) is 59.8 Å². The minimum Gasteiger partial charge on any atom is -0.508 e. The Labute approximate surface area is 146 Å². The fourth-order valence-electron chi connectivity index (χ4n) is 2.77. The maximum absolute atomic E-state index is 12.8. The van der Waals surface area contributed by atoms with E-state index in [4.69, 9.17) is 0 Å². The summed E-state index contributed by atoms with van der Waals surface area (Å²) in [5.41, 5.74) is 2.24. The number of aromatic nitrogens is 1. The average Bonchev–Trinajstić information content (AvgIpc) is 2.60. The molecule has 25 heavy (non-hydrogen) atoms. The number of nitrogens with zero attached hydrogens (tertiary/aromatic N) is 2. The summed E-state index contributed by atoms with van der Waals surface area (Å²) in [6.45, 7) is 3.83. The second-order valence-corrected chi connectivity index (χ2v) is 6.33. The second kappa shape index (κ2) is 6.43. The van der Waals surface area contributed by atoms with E-state index in [1.807, 2.05) is 44.2 Å². The molecule has 0 saturated carbocycles. The largest absolute Gasteiger partial charge is 0.508 e. The highest BCUT2D eigenvalue weighted by Gasteiger charge is 2.21. The van der Waals surface area contributed by atoms with Crippen molar-refractivity contribution in [2.45, 2.75) is 19.8 Å². The van der Waals surface area contributed by atoms with Crippen LogP contribution in [0.1, 0.15) is 35.7 Å². The molecule has 0 saturated heterocycles. The van der Waals surface area contributed by atoms with Gasteiger partial charge in [-0.05, 0) is 29.7 Å². The van der Waals surface area contributed by atoms with Crippen LogP contribution in [0.2, 0.25) is 0 Å². The Hall–Kier alpha value is -3.08. The highest BCUT2D eigenvalue weighted by Crippen LogP contribution is 2.33. The van der Waals surface area contributed by atoms with Crippen molar-refractivity contribution in [1.29, 1.82) is 0 Å². The quantitative estimate of drug-likeness (QED) is 0.757. The summed E-state index contributed by atoms with van der Waals surface area (Å²) >= 11 is 0. The normalized spacial score (nSPS) is 11.0. The Balaban J connectivity index is 2.00. The molecule has 3 aromatic rings. The lowest BCUT2D eigenvalue weighted by Gasteiger charge is -2.19. The number of carbonyl (C=O) groups excluding carboxylic acids is 1. The van der Waals surface area contributed by atoms with Crippen molar-refractivity contribution in [2.75, 3.05) is 11.9 Å². The number of hydrogen-bond acceptors (Lipinski definition) is 4. The number of anilines is 1. The third-order valence-electron chi connectivity index (χ3n) is 4.27. The molecular formula is C20H20N2O3. The van der Waals surface area contributed by atoms with Crippen LogP contribution in [0.3, 0.4) is 0 Å². The number of phenols is 2. The smallest absolute Gasteiger partial charge is 0.261 e. The van der Waals surface area contributed by atoms with Gasteiger partial charge in [-0.25, -0.2) is 0 Å². The van der Waals surface area contributed by atoms with Gasteiger partial charge in [0.2, 0.25) is 0 Å². The van der Waals surface area contributed by atoms with Crippen LogP contribution in [0.4, 0.5) is 5.69 Å². The molecule has 1 heterocycles. The van der Waals surface area contributed by atoms with Gasteiger partial charge in [0.25, 0.3) is 5.91 Å². The number of phenolic OH excluding ortho intramolecular Hbond substituents is 2. The fourth-order valence-corrected chi connectivity index (χ4v) is 2.77. The first kappa shape index (κ1) is 16.8. The summed E-state index contributed by atoms with van der Waals surface area (Å²) in [7, 11) is 1.63. The van der Waals surface area contributed by atoms with E-state index in [9.17, 15) is 15.0 Å². The van der Waals surface area contributed by atoms with Gasteiger partial charge in [-0.3, -0.25) is 9.78 Å². The summed E-state index contributed by atoms with van der Waals surface area (Å²) in [4.78, 5) is 18.6. The molecule has 5 heteroatoms. The van der Waals surface area contributed by atoms with E-state index in [0.29, 0.717) is 11.3 Å². The highest BCUT2D eigenvalue weighted by molar-refractivity contribution is 6.08. The maximum Gasteiger partial charge on any atom is 0.261 e. The zero-order valence-corrected chi connectivity index (χ0v) is 14.4. The Morgan fingerprint density at radius 3 is 2.52 bits per heavy atom. The van der Waals surface area contributed by atoms with E-state index < -0.39 is 0 Å². The molecule has 1 aromatic heterocycles. The second-order valence-electron chi connectivity index (χ2n) is 6.33. The summed E-state index contributed by atoms with van der Waals surface area (Å²) in [5.74, 6) is -0.595. The molecular weight excluding hydrogens is 316 g/mol. The molecule has 3 rings (SSSR count). The third-order valence-corrected chi connectivity index (χ3v) is 4.27. The van der Waals surface area contributed by atoms with Crippen LogP contribution >= 0.6 is 0 Å². The molecule has 0 aliphatic heterocycles. The molecule has 2 N–H and O–H groups in total. The van der Waals surface area contributed by atoms with Crippen LogP contribution in [-0.2, 0) is 0 Å². The van der Waals surface area contributed by atoms with Crippen molar-refractivity contribution >= 4 is 22.5 Å². The molecule has 0 spiro atoms. The van der Waals surface area contributed by atoms with Gasteiger partial charge in [-0.2, -0.15) is 0 Å². The van der Waals surface area contributed by atoms with Gasteiger partial charge in [0, 0.05) is 18.5 Å². The van der Waals surface area contributed by atoms with E-state index in [0.717, 1.165) is 10.9 Å². The molecule has 2 aromatic carbocycles. The highest BCUT2D eigenvalue weighted by atomic mass is 16.3. The molecule has 0 aliphatic carbocycles. The maximum atomic E-state index is 12.8. The first-order valence-corrected chi connectivity index (χ1v) is 8.07. The summed E-state index contributed by atoms with van der Waals surface area (Å²) in [6, 6.07) is 12.3. The molecule has 0 atom stereocenters. The predicted molar refractivity (Wildman–Crippen MR) is 98.3 cm³/mol. The van der Waals surface area contributed by atoms with E-state index in [1.165, 1.54) is 11.0 Å². The number of benzene rings is 2. The van der Waals surface area contributed by atoms with E-state index >= 15 is 0 Å². The SMILES string of the molecule is CC(C)c1cc(C(=O)N(C)c2cnc3ccccc3c2)c(O)cc1O. The summed E-state index contributed by atoms with van der Waals surface area (Å²) in [6.07, 6.45) is 1.63. The van der Waals surface area contributed by atoms with E-state index in [2.05, 4.69) is 4.98 Å². The van der Waals surface area contributed by atoms with Gasteiger partial charge in [0.15, 0.2) is 0 Å². The molecule has 1 amide bonds. The number of hydrogen-bond donors (Lipinski definition) is 2. The van der Waals surface area contributed by atoms with Gasteiger partial charge in [0.1, 0.15) is 11.5 Å². The number of rotatable bonds is 3. The van der Waals surface area contributed by atoms with Gasteiger partial charge in [-0.1, -0.05) is 32.0 Å². The van der Waals surface area contributed by atoms with Gasteiger partial charge in [0.05, 0.1) is 23.0 Å². The molecule has 0 aliphatic rings. The van der Waals surface area contributed by atoms with Gasteiger partial charge in [-0.15, -0.1) is 0 Å². The topological polar surface area (TPSA) is 73.7 Å². The first-order valence-electron chi connectivity index (χ1n) is 8.07. The number of aromatic hydroxyl groups is 2. The Kier molecular flexibility index (Phi) is 4.31. The zero-order valence-electron chi connectivity index (χ0n) is 14.4. The predicted octanol–water partition coefficient (Wildman–Crippen LogP) is 4.05. The van der Waals surface area contributed by atoms with Crippen molar-refractivity contribution in [3.8, 4) is 11.5 Å². The average molecular weight is 336 g/mol. The zero-order chi connectivity index (χ0) is 18.1. The Morgan fingerprint density at radius 1 is 1.08 bits per heavy atom. The minimum absolute atomic E-state index is 0.0147. The van der Waals surface area contributed by atoms with Crippen molar-refractivity contribution < 1.29 is 15.0 Å². The monoisotopic (exact) mass is 336 g/mol. The van der Waals surface area contributed by atoms with Crippen LogP contribution in [0, 0.1) is 0 Å². The molecule has 128 valence electrons. The molecule has 0 fully saturated rings. The van der Waals surface area contributed by atoms with Crippen LogP contribution in [0.15, 0.2) is 48.7 Å². The number of carbonyl (C=O) groups is 1. The van der Waals surface area contributed by atoms with E-state index in [-0.39, 0.29) is 28.9 Å². The Bertz CT molecular complexity index is 951. The van der Waals surface area contributed by atoms with Crippen molar-refractivity contribution in [3.63, 3.8) is 0 Å². The van der Waals surface area contributed by atoms with Crippen LogP contribution in [-0.4, -0.2) is 28.2 Å². The number of pyridine rings is 1. The molecule has 0 bridgehead atoms. The number of para-hydroxylation sites is 1. The third kappa shape index (κ3) is 3.13. The summed E-state index contributed by atoms with van der Waals surface area (Å²) in [5, 5.41) is 21.0. The summed E-state index contributed by atoms with van der Waals surface area (Å²) < 4.78 is 0. The van der Waals surface area contributed by atoms with Crippen LogP contribution < -0.4 is 4.90 Å². The van der Waals surface area contributed by atoms with Crippen molar-refractivity contribution in [1.82, 2.24) is 4.98 Å². The standard InChI is InChI=1S/C20H20N2O3/c1-12(2)15-9-16(19(24)10-18(15)23)20(25)22(3)14-8-13-6-4-5-7-17(13)21-11-14/h4-12,23-24H,1-3H3. The van der Waals surface area contributed by atoms with Crippen molar-refractivity contribution in [2.24, 2.45) is 0 Å². The number of fused-ring (bicyclic) bond motifs is 1. The first-order chi connectivity index (χ1) is 11.9. The number of amides is 1. The lowest BCUT2D eigenvalue weighted by Crippen LogP contribution is -2.26. The van der Waals surface area contributed by atoms with Gasteiger partial charge < -0.3 is 15.1 Å².